The molecule has 29 heavy (non-hydrogen) atoms. The van der Waals surface area contributed by atoms with Crippen molar-refractivity contribution in [2.75, 3.05) is 26.3 Å². The predicted octanol–water partition coefficient (Wildman–Crippen LogP) is 3.50. The number of rotatable bonds is 2. The number of hydrogen-bond donors (Lipinski definition) is 0. The van der Waals surface area contributed by atoms with Crippen LogP contribution >= 0.6 is 0 Å². The highest BCUT2D eigenvalue weighted by Gasteiger charge is 2.47. The average molecular weight is 398 g/mol. The zero-order valence-corrected chi connectivity index (χ0v) is 17.2. The fraction of sp³-hybridized carbons (Fsp3) is 0.522. The molecule has 0 saturated carbocycles. The van der Waals surface area contributed by atoms with Crippen LogP contribution < -0.4 is 0 Å². The van der Waals surface area contributed by atoms with Gasteiger partial charge in [0.25, 0.3) is 0 Å². The van der Waals surface area contributed by atoms with Gasteiger partial charge in [-0.3, -0.25) is 14.6 Å². The number of ketones is 1. The maximum absolute atomic E-state index is 14.9. The van der Waals surface area contributed by atoms with Crippen molar-refractivity contribution >= 4 is 17.4 Å². The molecule has 3 aliphatic rings. The smallest absolute Gasteiger partial charge is 0.232 e. The van der Waals surface area contributed by atoms with Crippen LogP contribution in [0, 0.1) is 17.2 Å². The third-order valence-electron chi connectivity index (χ3n) is 6.13. The SMILES string of the molecule is CC1=NC2=C(C(=O)CC(C)(C)C2)[C@H](c2ccccc2F)C1C(=O)N1CCOCC1. The summed E-state index contributed by atoms with van der Waals surface area (Å²) in [7, 11) is 0. The molecule has 1 aliphatic carbocycles. The van der Waals surface area contributed by atoms with Gasteiger partial charge in [-0.15, -0.1) is 0 Å². The van der Waals surface area contributed by atoms with Gasteiger partial charge < -0.3 is 9.64 Å². The molecule has 0 radical (unpaired) electrons. The summed E-state index contributed by atoms with van der Waals surface area (Å²) in [4.78, 5) is 33.2. The van der Waals surface area contributed by atoms with Gasteiger partial charge in [0.2, 0.25) is 5.91 Å². The highest BCUT2D eigenvalue weighted by atomic mass is 19.1. The van der Waals surface area contributed by atoms with Crippen LogP contribution in [0.1, 0.15) is 45.1 Å². The number of hydrogen-bond acceptors (Lipinski definition) is 4. The normalized spacial score (nSPS) is 26.8. The molecule has 1 aromatic rings. The van der Waals surface area contributed by atoms with Gasteiger partial charge in [-0.1, -0.05) is 32.0 Å². The van der Waals surface area contributed by atoms with Crippen molar-refractivity contribution < 1.29 is 18.7 Å². The van der Waals surface area contributed by atoms with E-state index < -0.39 is 17.7 Å². The van der Waals surface area contributed by atoms with Crippen LogP contribution in [-0.4, -0.2) is 48.6 Å². The summed E-state index contributed by atoms with van der Waals surface area (Å²) < 4.78 is 20.3. The number of aliphatic imine (C=N–C) groups is 1. The van der Waals surface area contributed by atoms with Crippen LogP contribution in [0.3, 0.4) is 0 Å². The van der Waals surface area contributed by atoms with E-state index in [0.717, 1.165) is 0 Å². The molecule has 0 bridgehead atoms. The second-order valence-corrected chi connectivity index (χ2v) is 8.97. The summed E-state index contributed by atoms with van der Waals surface area (Å²) in [6, 6.07) is 6.47. The Morgan fingerprint density at radius 1 is 1.21 bits per heavy atom. The number of benzene rings is 1. The first-order valence-corrected chi connectivity index (χ1v) is 10.2. The van der Waals surface area contributed by atoms with Gasteiger partial charge in [0.15, 0.2) is 5.78 Å². The number of ether oxygens (including phenoxy) is 1. The highest BCUT2D eigenvalue weighted by molar-refractivity contribution is 6.10. The van der Waals surface area contributed by atoms with Crippen LogP contribution in [0.4, 0.5) is 4.39 Å². The number of morpholine rings is 1. The van der Waals surface area contributed by atoms with Gasteiger partial charge in [-0.05, 0) is 30.4 Å². The van der Waals surface area contributed by atoms with Crippen LogP contribution in [-0.2, 0) is 14.3 Å². The molecule has 1 saturated heterocycles. The lowest BCUT2D eigenvalue weighted by atomic mass is 9.66. The monoisotopic (exact) mass is 398 g/mol. The maximum atomic E-state index is 14.9. The summed E-state index contributed by atoms with van der Waals surface area (Å²) in [6.45, 7) is 7.89. The van der Waals surface area contributed by atoms with E-state index in [0.29, 0.717) is 61.7 Å². The molecule has 0 spiro atoms. The molecule has 1 aromatic carbocycles. The lowest BCUT2D eigenvalue weighted by molar-refractivity contribution is -0.138. The van der Waals surface area contributed by atoms with Gasteiger partial charge in [0.05, 0.1) is 19.1 Å². The lowest BCUT2D eigenvalue weighted by Gasteiger charge is -2.41. The van der Waals surface area contributed by atoms with E-state index in [2.05, 4.69) is 0 Å². The molecule has 1 amide bonds. The Bertz CT molecular complexity index is 912. The Kier molecular flexibility index (Phi) is 5.15. The van der Waals surface area contributed by atoms with Gasteiger partial charge in [0.1, 0.15) is 5.82 Å². The third kappa shape index (κ3) is 3.66. The molecule has 2 atom stereocenters. The van der Waals surface area contributed by atoms with Crippen molar-refractivity contribution in [3.63, 3.8) is 0 Å². The molecule has 0 aromatic heterocycles. The van der Waals surface area contributed by atoms with E-state index in [9.17, 15) is 14.0 Å². The first-order valence-electron chi connectivity index (χ1n) is 10.2. The molecule has 2 aliphatic heterocycles. The Morgan fingerprint density at radius 2 is 1.90 bits per heavy atom. The van der Waals surface area contributed by atoms with Crippen molar-refractivity contribution in [1.29, 1.82) is 0 Å². The topological polar surface area (TPSA) is 59.0 Å². The van der Waals surface area contributed by atoms with E-state index in [-0.39, 0.29) is 17.1 Å². The molecule has 6 heteroatoms. The Balaban J connectivity index is 1.84. The second kappa shape index (κ2) is 7.48. The second-order valence-electron chi connectivity index (χ2n) is 8.97. The van der Waals surface area contributed by atoms with Crippen LogP contribution in [0.25, 0.3) is 0 Å². The fourth-order valence-electron chi connectivity index (χ4n) is 4.81. The van der Waals surface area contributed by atoms with Crippen molar-refractivity contribution in [2.24, 2.45) is 16.3 Å². The van der Waals surface area contributed by atoms with E-state index in [1.807, 2.05) is 20.8 Å². The Morgan fingerprint density at radius 3 is 2.59 bits per heavy atom. The van der Waals surface area contributed by atoms with Gasteiger partial charge in [-0.25, -0.2) is 4.39 Å². The minimum atomic E-state index is -0.672. The number of nitrogens with zero attached hydrogens (tertiary/aromatic N) is 2. The summed E-state index contributed by atoms with van der Waals surface area (Å²) in [6.07, 6.45) is 1.03. The first kappa shape index (κ1) is 20.0. The van der Waals surface area contributed by atoms with Crippen molar-refractivity contribution in [2.45, 2.75) is 39.5 Å². The highest BCUT2D eigenvalue weighted by Crippen LogP contribution is 2.48. The Labute approximate surface area is 170 Å². The molecule has 0 N–H and O–H groups in total. The largest absolute Gasteiger partial charge is 0.378 e. The first-order chi connectivity index (χ1) is 13.8. The number of Topliss-reactive ketones (excluding diaryl/α,β-unsaturated/α-hetero) is 1. The van der Waals surface area contributed by atoms with Gasteiger partial charge in [-0.2, -0.15) is 0 Å². The van der Waals surface area contributed by atoms with Crippen LogP contribution in [0.5, 0.6) is 0 Å². The Hall–Kier alpha value is -2.34. The molecule has 1 unspecified atom stereocenters. The number of carbonyl (C=O) groups excluding carboxylic acids is 2. The molecule has 1 fully saturated rings. The van der Waals surface area contributed by atoms with Crippen LogP contribution in [0.15, 0.2) is 40.5 Å². The lowest BCUT2D eigenvalue weighted by Crippen LogP contribution is -2.49. The average Bonchev–Trinajstić information content (AvgIpc) is 2.66. The number of amides is 1. The molecule has 2 heterocycles. The minimum Gasteiger partial charge on any atom is -0.378 e. The van der Waals surface area contributed by atoms with E-state index in [4.69, 9.17) is 9.73 Å². The van der Waals surface area contributed by atoms with Gasteiger partial charge >= 0.3 is 0 Å². The molecule has 4 rings (SSSR count). The van der Waals surface area contributed by atoms with Crippen molar-refractivity contribution in [3.8, 4) is 0 Å². The summed E-state index contributed by atoms with van der Waals surface area (Å²) in [5.74, 6) is -1.83. The van der Waals surface area contributed by atoms with Crippen molar-refractivity contribution in [3.05, 3.63) is 46.9 Å². The number of allylic oxidation sites excluding steroid dienone is 2. The zero-order chi connectivity index (χ0) is 20.8. The molecular weight excluding hydrogens is 371 g/mol. The molecule has 154 valence electrons. The van der Waals surface area contributed by atoms with Gasteiger partial charge in [0, 0.05) is 42.4 Å². The maximum Gasteiger partial charge on any atom is 0.232 e. The predicted molar refractivity (Wildman–Crippen MR) is 108 cm³/mol. The summed E-state index contributed by atoms with van der Waals surface area (Å²) >= 11 is 0. The zero-order valence-electron chi connectivity index (χ0n) is 17.2. The standard InChI is InChI=1S/C23H27FN2O3/c1-14-19(22(28)26-8-10-29-11-9-26)20(15-6-4-5-7-16(15)24)21-17(25-14)12-23(2,3)13-18(21)27/h4-7,19-20H,8-13H2,1-3H3/t19?,20-/m1/s1. The number of halogens is 1. The minimum absolute atomic E-state index is 0.0273. The van der Waals surface area contributed by atoms with E-state index in [1.54, 1.807) is 23.1 Å². The quantitative estimate of drug-likeness (QED) is 0.766. The third-order valence-corrected chi connectivity index (χ3v) is 6.13. The number of carbonyl (C=O) groups is 2. The van der Waals surface area contributed by atoms with Crippen molar-refractivity contribution in [1.82, 2.24) is 4.90 Å². The molecular formula is C23H27FN2O3. The summed E-state index contributed by atoms with van der Waals surface area (Å²) in [5.41, 5.74) is 2.09. The fourth-order valence-corrected chi connectivity index (χ4v) is 4.81. The summed E-state index contributed by atoms with van der Waals surface area (Å²) in [5, 5.41) is 0. The van der Waals surface area contributed by atoms with E-state index >= 15 is 0 Å². The van der Waals surface area contributed by atoms with E-state index in [1.165, 1.54) is 6.07 Å². The molecule has 5 nitrogen and oxygen atoms in total. The van der Waals surface area contributed by atoms with Crippen LogP contribution in [0.2, 0.25) is 0 Å².